The fourth-order valence-electron chi connectivity index (χ4n) is 6.43. The molecule has 0 aromatic heterocycles. The number of ketones is 2. The Morgan fingerprint density at radius 2 is 1.29 bits per heavy atom. The fraction of sp³-hybridized carbons (Fsp3) is 0.575. The Balaban J connectivity index is 1.54. The van der Waals surface area contributed by atoms with E-state index in [-0.39, 0.29) is 48.9 Å². The van der Waals surface area contributed by atoms with Crippen LogP contribution in [0.1, 0.15) is 65.0 Å². The number of hydrogen-bond donors (Lipinski definition) is 3. The van der Waals surface area contributed by atoms with E-state index in [0.29, 0.717) is 52.0 Å². The van der Waals surface area contributed by atoms with E-state index in [0.717, 1.165) is 11.1 Å². The summed E-state index contributed by atoms with van der Waals surface area (Å²) < 4.78 is 10.8. The smallest absolute Gasteiger partial charge is 0.243 e. The van der Waals surface area contributed by atoms with Crippen molar-refractivity contribution in [1.29, 1.82) is 0 Å². The molecule has 2 heterocycles. The van der Waals surface area contributed by atoms with Crippen LogP contribution in [0.5, 0.6) is 0 Å². The molecule has 51 heavy (non-hydrogen) atoms. The highest BCUT2D eigenvalue weighted by Gasteiger charge is 2.52. The van der Waals surface area contributed by atoms with Crippen LogP contribution in [0, 0.1) is 17.8 Å². The molecule has 278 valence electrons. The molecule has 0 radical (unpaired) electrons. The van der Waals surface area contributed by atoms with Crippen LogP contribution in [0.2, 0.25) is 0 Å². The minimum Gasteiger partial charge on any atom is -0.379 e. The molecule has 11 nitrogen and oxygen atoms in total. The van der Waals surface area contributed by atoms with Crippen LogP contribution in [0.4, 0.5) is 0 Å². The zero-order valence-electron chi connectivity index (χ0n) is 30.8. The maximum absolute atomic E-state index is 14.3. The number of amides is 3. The van der Waals surface area contributed by atoms with Gasteiger partial charge in [-0.05, 0) is 62.0 Å². The molecule has 0 unspecified atom stereocenters. The molecular formula is C40H56N4O7. The number of carbonyl (C=O) groups excluding carboxylic acids is 5. The second-order valence-corrected chi connectivity index (χ2v) is 14.9. The highest BCUT2D eigenvalue weighted by Crippen LogP contribution is 2.33. The van der Waals surface area contributed by atoms with Crippen molar-refractivity contribution in [3.05, 3.63) is 71.8 Å². The van der Waals surface area contributed by atoms with Crippen molar-refractivity contribution in [2.45, 2.75) is 90.4 Å². The topological polar surface area (TPSA) is 146 Å². The molecular weight excluding hydrogens is 648 g/mol. The van der Waals surface area contributed by atoms with Crippen LogP contribution in [-0.2, 0) is 46.3 Å². The quantitative estimate of drug-likeness (QED) is 0.141. The molecule has 3 N–H and O–H groups in total. The summed E-state index contributed by atoms with van der Waals surface area (Å²) in [6, 6.07) is 16.2. The predicted molar refractivity (Wildman–Crippen MR) is 195 cm³/mol. The molecule has 4 rings (SSSR count). The first kappa shape index (κ1) is 39.8. The van der Waals surface area contributed by atoms with E-state index in [2.05, 4.69) is 16.0 Å². The number of rotatable bonds is 20. The Labute approximate surface area is 302 Å². The Hall–Kier alpha value is -3.93. The average molecular weight is 705 g/mol. The summed E-state index contributed by atoms with van der Waals surface area (Å²) in [4.78, 5) is 71.1. The van der Waals surface area contributed by atoms with Crippen molar-refractivity contribution in [2.75, 3.05) is 39.5 Å². The fourth-order valence-corrected chi connectivity index (χ4v) is 6.43. The molecule has 0 spiro atoms. The van der Waals surface area contributed by atoms with Gasteiger partial charge in [0.2, 0.25) is 17.7 Å². The Bertz CT molecular complexity index is 1460. The lowest BCUT2D eigenvalue weighted by atomic mass is 9.81. The first-order chi connectivity index (χ1) is 24.3. The largest absolute Gasteiger partial charge is 0.379 e. The SMILES string of the molecule is CC(C)C[C@@H](C(=O)[C@H](Cc1ccccc1)NC(=O)[C@H](CC(C)C)NC(=O)[C@H](CCc1ccccc1)NC(=O)CN1CCOCC1)C(=O)[C@@]1(C)CO1. The van der Waals surface area contributed by atoms with Gasteiger partial charge in [0.25, 0.3) is 0 Å². The van der Waals surface area contributed by atoms with E-state index in [1.807, 2.05) is 93.3 Å². The number of morpholine rings is 1. The van der Waals surface area contributed by atoms with Crippen molar-refractivity contribution in [1.82, 2.24) is 20.9 Å². The lowest BCUT2D eigenvalue weighted by Crippen LogP contribution is -2.58. The van der Waals surface area contributed by atoms with Gasteiger partial charge in [0, 0.05) is 13.1 Å². The molecule has 2 fully saturated rings. The second-order valence-electron chi connectivity index (χ2n) is 14.9. The summed E-state index contributed by atoms with van der Waals surface area (Å²) in [5, 5.41) is 8.79. The van der Waals surface area contributed by atoms with Crippen molar-refractivity contribution < 1.29 is 33.4 Å². The second kappa shape index (κ2) is 19.1. The monoisotopic (exact) mass is 704 g/mol. The molecule has 11 heteroatoms. The number of carbonyl (C=O) groups is 5. The normalized spacial score (nSPS) is 19.8. The van der Waals surface area contributed by atoms with Gasteiger partial charge in [0.1, 0.15) is 17.7 Å². The Morgan fingerprint density at radius 1 is 0.745 bits per heavy atom. The van der Waals surface area contributed by atoms with Gasteiger partial charge in [-0.1, -0.05) is 88.4 Å². The number of nitrogens with zero attached hydrogens (tertiary/aromatic N) is 1. The van der Waals surface area contributed by atoms with E-state index < -0.39 is 41.5 Å². The molecule has 5 atom stereocenters. The van der Waals surface area contributed by atoms with Crippen LogP contribution >= 0.6 is 0 Å². The highest BCUT2D eigenvalue weighted by atomic mass is 16.6. The third kappa shape index (κ3) is 12.7. The minimum atomic E-state index is -1.01. The summed E-state index contributed by atoms with van der Waals surface area (Å²) in [5.41, 5.74) is 0.854. The van der Waals surface area contributed by atoms with E-state index in [1.54, 1.807) is 6.92 Å². The number of benzene rings is 2. The predicted octanol–water partition coefficient (Wildman–Crippen LogP) is 3.28. The van der Waals surface area contributed by atoms with Crippen LogP contribution in [0.15, 0.2) is 60.7 Å². The summed E-state index contributed by atoms with van der Waals surface area (Å²) in [7, 11) is 0. The molecule has 0 aliphatic carbocycles. The molecule has 3 amide bonds. The summed E-state index contributed by atoms with van der Waals surface area (Å²) in [6.45, 7) is 12.3. The third-order valence-corrected chi connectivity index (χ3v) is 9.44. The molecule has 2 aromatic carbocycles. The lowest BCUT2D eigenvalue weighted by Gasteiger charge is -2.29. The van der Waals surface area contributed by atoms with Crippen LogP contribution in [0.3, 0.4) is 0 Å². The van der Waals surface area contributed by atoms with E-state index >= 15 is 0 Å². The van der Waals surface area contributed by atoms with Crippen molar-refractivity contribution in [3.63, 3.8) is 0 Å². The van der Waals surface area contributed by atoms with Crippen LogP contribution < -0.4 is 16.0 Å². The molecule has 2 aliphatic rings. The number of epoxide rings is 1. The number of hydrogen-bond acceptors (Lipinski definition) is 8. The Morgan fingerprint density at radius 3 is 1.86 bits per heavy atom. The number of ether oxygens (including phenoxy) is 2. The number of aryl methyl sites for hydroxylation is 1. The van der Waals surface area contributed by atoms with Crippen LogP contribution in [0.25, 0.3) is 0 Å². The van der Waals surface area contributed by atoms with Crippen molar-refractivity contribution in [2.24, 2.45) is 17.8 Å². The van der Waals surface area contributed by atoms with E-state index in [4.69, 9.17) is 9.47 Å². The summed E-state index contributed by atoms with van der Waals surface area (Å²) in [6.07, 6.45) is 1.69. The van der Waals surface area contributed by atoms with Crippen molar-refractivity contribution in [3.8, 4) is 0 Å². The van der Waals surface area contributed by atoms with Crippen molar-refractivity contribution >= 4 is 29.3 Å². The molecule has 2 saturated heterocycles. The number of Topliss-reactive ketones (excluding diaryl/α,β-unsaturated/α-hetero) is 2. The number of nitrogens with one attached hydrogen (secondary N) is 3. The highest BCUT2D eigenvalue weighted by molar-refractivity contribution is 6.09. The standard InChI is InChI=1S/C40H56N4O7/c1-27(2)22-31(37(47)40(5)26-51-40)36(46)33(24-30-14-10-7-11-15-30)42-39(49)34(23-28(3)4)43-38(48)32(17-16-29-12-8-6-9-13-29)41-35(45)25-44-18-20-50-21-19-44/h6-15,27-28,31-34H,16-26H2,1-5H3,(H,41,45)(H,42,49)(H,43,48)/t31-,32-,33-,34-,40+/m0/s1. The molecule has 0 saturated carbocycles. The minimum absolute atomic E-state index is 0.0187. The lowest BCUT2D eigenvalue weighted by molar-refractivity contribution is -0.139. The summed E-state index contributed by atoms with van der Waals surface area (Å²) >= 11 is 0. The van der Waals surface area contributed by atoms with E-state index in [9.17, 15) is 24.0 Å². The average Bonchev–Trinajstić information content (AvgIpc) is 3.87. The van der Waals surface area contributed by atoms with E-state index in [1.165, 1.54) is 0 Å². The maximum Gasteiger partial charge on any atom is 0.243 e. The third-order valence-electron chi connectivity index (χ3n) is 9.44. The van der Waals surface area contributed by atoms with Gasteiger partial charge in [-0.3, -0.25) is 28.9 Å². The van der Waals surface area contributed by atoms with Gasteiger partial charge in [-0.15, -0.1) is 0 Å². The Kier molecular flexibility index (Phi) is 14.9. The maximum atomic E-state index is 14.3. The molecule has 0 bridgehead atoms. The first-order valence-electron chi connectivity index (χ1n) is 18.3. The van der Waals surface area contributed by atoms with Gasteiger partial charge in [0.05, 0.1) is 38.3 Å². The molecule has 2 aromatic rings. The summed E-state index contributed by atoms with van der Waals surface area (Å²) in [5.74, 6) is -2.78. The zero-order chi connectivity index (χ0) is 37.0. The van der Waals surface area contributed by atoms with Gasteiger partial charge < -0.3 is 25.4 Å². The first-order valence-corrected chi connectivity index (χ1v) is 18.3. The zero-order valence-corrected chi connectivity index (χ0v) is 30.8. The van der Waals surface area contributed by atoms with Gasteiger partial charge in [0.15, 0.2) is 11.6 Å². The van der Waals surface area contributed by atoms with Gasteiger partial charge in [-0.25, -0.2) is 0 Å². The van der Waals surface area contributed by atoms with Gasteiger partial charge in [-0.2, -0.15) is 0 Å². The van der Waals surface area contributed by atoms with Crippen LogP contribution in [-0.4, -0.2) is 97.4 Å². The van der Waals surface area contributed by atoms with Gasteiger partial charge >= 0.3 is 0 Å². The molecule has 2 aliphatic heterocycles.